The number of benzene rings is 1. The molecule has 1 aromatic rings. The molecule has 0 aromatic heterocycles. The number of halogens is 1. The first-order chi connectivity index (χ1) is 8.47. The maximum absolute atomic E-state index is 10.9. The van der Waals surface area contributed by atoms with Crippen molar-refractivity contribution in [3.8, 4) is 0 Å². The van der Waals surface area contributed by atoms with Gasteiger partial charge in [-0.2, -0.15) is 0 Å². The van der Waals surface area contributed by atoms with Gasteiger partial charge in [0.25, 0.3) is 5.69 Å². The molecule has 1 unspecified atom stereocenters. The van der Waals surface area contributed by atoms with Crippen LogP contribution in [-0.4, -0.2) is 21.2 Å². The Kier molecular flexibility index (Phi) is 5.61. The smallest absolute Gasteiger partial charge is 0.316 e. The number of carboxylic acid groups (broad SMARTS) is 1. The molecule has 0 spiro atoms. The maximum atomic E-state index is 10.9. The molecule has 0 heterocycles. The molecule has 1 aromatic carbocycles. The van der Waals surface area contributed by atoms with Gasteiger partial charge in [-0.25, -0.2) is 0 Å². The lowest BCUT2D eigenvalue weighted by Crippen LogP contribution is -2.15. The number of carbonyl (C=O) groups is 1. The molecule has 1 rings (SSSR count). The minimum atomic E-state index is -0.857. The van der Waals surface area contributed by atoms with Crippen LogP contribution < -0.4 is 0 Å². The predicted molar refractivity (Wildman–Crippen MR) is 73.8 cm³/mol. The minimum absolute atomic E-state index is 0.00327. The average Bonchev–Trinajstić information content (AvgIpc) is 2.31. The van der Waals surface area contributed by atoms with Crippen LogP contribution in [0.3, 0.4) is 0 Å². The third-order valence-electron chi connectivity index (χ3n) is 2.34. The Morgan fingerprint density at radius 1 is 1.61 bits per heavy atom. The van der Waals surface area contributed by atoms with Crippen LogP contribution in [0.4, 0.5) is 5.69 Å². The summed E-state index contributed by atoms with van der Waals surface area (Å²) in [5.41, 5.74) is 0.727. The Labute approximate surface area is 117 Å². The van der Waals surface area contributed by atoms with Gasteiger partial charge < -0.3 is 5.11 Å². The fourth-order valence-corrected chi connectivity index (χ4v) is 3.11. The van der Waals surface area contributed by atoms with E-state index in [4.69, 9.17) is 5.11 Å². The minimum Gasteiger partial charge on any atom is -0.480 e. The molecular weight excluding hydrogens is 322 g/mol. The van der Waals surface area contributed by atoms with E-state index < -0.39 is 16.1 Å². The zero-order valence-corrected chi connectivity index (χ0v) is 12.0. The van der Waals surface area contributed by atoms with Gasteiger partial charge in [-0.1, -0.05) is 19.1 Å². The second kappa shape index (κ2) is 6.75. The molecule has 0 bridgehead atoms. The summed E-state index contributed by atoms with van der Waals surface area (Å²) in [7, 11) is 0. The molecule has 1 atom stereocenters. The Bertz CT molecular complexity index is 466. The number of nitrogens with zero attached hydrogens (tertiary/aromatic N) is 1. The first kappa shape index (κ1) is 15.0. The number of hydrogen-bond acceptors (Lipinski definition) is 4. The molecule has 1 N–H and O–H groups in total. The summed E-state index contributed by atoms with van der Waals surface area (Å²) in [5.74, 6) is -0.434. The van der Waals surface area contributed by atoms with E-state index in [-0.39, 0.29) is 5.69 Å². The van der Waals surface area contributed by atoms with Crippen LogP contribution in [-0.2, 0) is 10.5 Å². The molecular formula is C11H12BrNO4S. The number of nitro groups is 1. The van der Waals surface area contributed by atoms with Gasteiger partial charge in [0.05, 0.1) is 9.40 Å². The monoisotopic (exact) mass is 333 g/mol. The van der Waals surface area contributed by atoms with Crippen molar-refractivity contribution >= 4 is 39.3 Å². The van der Waals surface area contributed by atoms with Crippen molar-refractivity contribution < 1.29 is 14.8 Å². The van der Waals surface area contributed by atoms with Crippen LogP contribution in [0, 0.1) is 10.1 Å². The molecule has 0 amide bonds. The highest BCUT2D eigenvalue weighted by Crippen LogP contribution is 2.32. The van der Waals surface area contributed by atoms with Gasteiger partial charge in [0.15, 0.2) is 0 Å². The molecule has 0 aliphatic carbocycles. The van der Waals surface area contributed by atoms with Gasteiger partial charge in [0, 0.05) is 11.8 Å². The molecule has 0 radical (unpaired) electrons. The Hall–Kier alpha value is -1.08. The second-order valence-electron chi connectivity index (χ2n) is 3.55. The summed E-state index contributed by atoms with van der Waals surface area (Å²) in [6.07, 6.45) is 0.520. The second-order valence-corrected chi connectivity index (χ2v) is 5.54. The van der Waals surface area contributed by atoms with E-state index in [2.05, 4.69) is 15.9 Å². The predicted octanol–water partition coefficient (Wildman–Crippen LogP) is 3.45. The average molecular weight is 334 g/mol. The summed E-state index contributed by atoms with van der Waals surface area (Å²) < 4.78 is 0.419. The van der Waals surface area contributed by atoms with Crippen LogP contribution in [0.2, 0.25) is 0 Å². The highest BCUT2D eigenvalue weighted by atomic mass is 79.9. The molecule has 0 fully saturated rings. The Morgan fingerprint density at radius 2 is 2.28 bits per heavy atom. The fourth-order valence-electron chi connectivity index (χ4n) is 1.37. The third-order valence-corrected chi connectivity index (χ3v) is 4.67. The van der Waals surface area contributed by atoms with Crippen molar-refractivity contribution in [2.75, 3.05) is 0 Å². The Balaban J connectivity index is 2.82. The van der Waals surface area contributed by atoms with Gasteiger partial charge in [-0.15, -0.1) is 11.8 Å². The largest absolute Gasteiger partial charge is 0.480 e. The number of hydrogen-bond donors (Lipinski definition) is 1. The molecule has 5 nitrogen and oxygen atoms in total. The molecule has 98 valence electrons. The number of thioether (sulfide) groups is 1. The van der Waals surface area contributed by atoms with Crippen molar-refractivity contribution in [2.45, 2.75) is 24.3 Å². The van der Waals surface area contributed by atoms with Gasteiger partial charge in [-0.05, 0) is 27.9 Å². The first-order valence-corrected chi connectivity index (χ1v) is 7.07. The van der Waals surface area contributed by atoms with Crippen LogP contribution >= 0.6 is 27.7 Å². The lowest BCUT2D eigenvalue weighted by Gasteiger charge is -2.10. The van der Waals surface area contributed by atoms with Gasteiger partial charge in [0.1, 0.15) is 5.25 Å². The van der Waals surface area contributed by atoms with Gasteiger partial charge in [-0.3, -0.25) is 14.9 Å². The normalized spacial score (nSPS) is 12.1. The standard InChI is InChI=1S/C11H12BrNO4S/c1-2-9(11(14)15)18-6-7-4-3-5-8(10(7)12)13(16)17/h3-5,9H,2,6H2,1H3,(H,14,15). The number of carboxylic acids is 1. The Morgan fingerprint density at radius 3 is 2.78 bits per heavy atom. The van der Waals surface area contributed by atoms with Crippen LogP contribution in [0.25, 0.3) is 0 Å². The third kappa shape index (κ3) is 3.71. The van der Waals surface area contributed by atoms with Gasteiger partial charge in [0.2, 0.25) is 0 Å². The van der Waals surface area contributed by atoms with E-state index in [0.717, 1.165) is 5.56 Å². The summed E-state index contributed by atoms with van der Waals surface area (Å²) in [5, 5.41) is 19.2. The van der Waals surface area contributed by atoms with E-state index in [0.29, 0.717) is 16.6 Å². The maximum Gasteiger partial charge on any atom is 0.316 e. The van der Waals surface area contributed by atoms with Crippen LogP contribution in [0.5, 0.6) is 0 Å². The van der Waals surface area contributed by atoms with E-state index in [1.54, 1.807) is 19.1 Å². The molecule has 7 heteroatoms. The van der Waals surface area contributed by atoms with Crippen molar-refractivity contribution in [3.63, 3.8) is 0 Å². The van der Waals surface area contributed by atoms with Crippen molar-refractivity contribution in [1.82, 2.24) is 0 Å². The summed E-state index contributed by atoms with van der Waals surface area (Å²) in [4.78, 5) is 21.2. The van der Waals surface area contributed by atoms with E-state index in [1.165, 1.54) is 17.8 Å². The van der Waals surface area contributed by atoms with E-state index in [1.807, 2.05) is 0 Å². The van der Waals surface area contributed by atoms with Crippen LogP contribution in [0.15, 0.2) is 22.7 Å². The molecule has 0 aliphatic heterocycles. The number of rotatable bonds is 6. The van der Waals surface area contributed by atoms with Crippen molar-refractivity contribution in [2.24, 2.45) is 0 Å². The summed E-state index contributed by atoms with van der Waals surface area (Å²) >= 11 is 4.45. The zero-order chi connectivity index (χ0) is 13.7. The SMILES string of the molecule is CCC(SCc1cccc([N+](=O)[O-])c1Br)C(=O)O. The fraction of sp³-hybridized carbons (Fsp3) is 0.364. The highest BCUT2D eigenvalue weighted by molar-refractivity contribution is 9.10. The lowest BCUT2D eigenvalue weighted by atomic mass is 10.2. The quantitative estimate of drug-likeness (QED) is 0.636. The highest BCUT2D eigenvalue weighted by Gasteiger charge is 2.19. The molecule has 0 saturated carbocycles. The number of aliphatic carboxylic acids is 1. The number of nitro benzene ring substituents is 1. The van der Waals surface area contributed by atoms with E-state index >= 15 is 0 Å². The zero-order valence-electron chi connectivity index (χ0n) is 9.63. The van der Waals surface area contributed by atoms with Crippen LogP contribution in [0.1, 0.15) is 18.9 Å². The van der Waals surface area contributed by atoms with Crippen molar-refractivity contribution in [3.05, 3.63) is 38.3 Å². The van der Waals surface area contributed by atoms with Crippen molar-refractivity contribution in [1.29, 1.82) is 0 Å². The molecule has 0 aliphatic rings. The first-order valence-electron chi connectivity index (χ1n) is 5.23. The topological polar surface area (TPSA) is 80.4 Å². The summed E-state index contributed by atoms with van der Waals surface area (Å²) in [6.45, 7) is 1.80. The molecule has 18 heavy (non-hydrogen) atoms. The van der Waals surface area contributed by atoms with Gasteiger partial charge >= 0.3 is 5.97 Å². The lowest BCUT2D eigenvalue weighted by molar-refractivity contribution is -0.385. The summed E-state index contributed by atoms with van der Waals surface area (Å²) in [6, 6.07) is 4.76. The van der Waals surface area contributed by atoms with E-state index in [9.17, 15) is 14.9 Å². The molecule has 0 saturated heterocycles.